The maximum atomic E-state index is 9.91. The summed E-state index contributed by atoms with van der Waals surface area (Å²) in [7, 11) is 0. The van der Waals surface area contributed by atoms with Gasteiger partial charge in [-0.1, -0.05) is 30.3 Å². The van der Waals surface area contributed by atoms with E-state index in [2.05, 4.69) is 5.32 Å². The van der Waals surface area contributed by atoms with Gasteiger partial charge < -0.3 is 15.2 Å². The molecular formula is C15H23NO2S. The van der Waals surface area contributed by atoms with Crippen LogP contribution in [0.2, 0.25) is 0 Å². The van der Waals surface area contributed by atoms with Crippen molar-refractivity contribution in [2.45, 2.75) is 31.6 Å². The lowest BCUT2D eigenvalue weighted by atomic mass is 10.1. The summed E-state index contributed by atoms with van der Waals surface area (Å²) in [5, 5.41) is 13.3. The van der Waals surface area contributed by atoms with Crippen molar-refractivity contribution in [3.8, 4) is 0 Å². The zero-order valence-electron chi connectivity index (χ0n) is 11.4. The fourth-order valence-corrected chi connectivity index (χ4v) is 3.32. The number of aliphatic hydroxyl groups is 1. The van der Waals surface area contributed by atoms with Crippen molar-refractivity contribution in [1.82, 2.24) is 5.32 Å². The molecule has 2 rings (SSSR count). The summed E-state index contributed by atoms with van der Waals surface area (Å²) in [6, 6.07) is 10.7. The Morgan fingerprint density at radius 1 is 1.42 bits per heavy atom. The zero-order valence-corrected chi connectivity index (χ0v) is 12.2. The van der Waals surface area contributed by atoms with Crippen LogP contribution in [-0.2, 0) is 4.74 Å². The second-order valence-electron chi connectivity index (χ2n) is 5.01. The summed E-state index contributed by atoms with van der Waals surface area (Å²) >= 11 is 1.97. The van der Waals surface area contributed by atoms with Gasteiger partial charge in [-0.25, -0.2) is 0 Å². The van der Waals surface area contributed by atoms with E-state index in [0.29, 0.717) is 19.2 Å². The second-order valence-corrected chi connectivity index (χ2v) is 6.16. The minimum absolute atomic E-state index is 0.0258. The number of hydrogen-bond donors (Lipinski definition) is 2. The highest BCUT2D eigenvalue weighted by atomic mass is 32.2. The van der Waals surface area contributed by atoms with Crippen LogP contribution in [0.5, 0.6) is 0 Å². The molecule has 3 atom stereocenters. The topological polar surface area (TPSA) is 41.5 Å². The summed E-state index contributed by atoms with van der Waals surface area (Å²) < 4.78 is 5.71. The van der Waals surface area contributed by atoms with Gasteiger partial charge in [0.15, 0.2) is 0 Å². The van der Waals surface area contributed by atoms with Gasteiger partial charge in [-0.3, -0.25) is 0 Å². The first kappa shape index (κ1) is 14.9. The van der Waals surface area contributed by atoms with Crippen LogP contribution in [0.4, 0.5) is 0 Å². The molecule has 0 aliphatic carbocycles. The Labute approximate surface area is 119 Å². The molecule has 3 nitrogen and oxygen atoms in total. The molecule has 2 N–H and O–H groups in total. The molecule has 0 radical (unpaired) electrons. The maximum absolute atomic E-state index is 9.91. The molecule has 106 valence electrons. The highest BCUT2D eigenvalue weighted by molar-refractivity contribution is 7.99. The van der Waals surface area contributed by atoms with Crippen LogP contribution < -0.4 is 5.32 Å². The Morgan fingerprint density at radius 2 is 2.21 bits per heavy atom. The third-order valence-corrected chi connectivity index (χ3v) is 4.54. The number of benzene rings is 1. The fraction of sp³-hybridized carbons (Fsp3) is 0.600. The van der Waals surface area contributed by atoms with E-state index in [4.69, 9.17) is 4.74 Å². The van der Waals surface area contributed by atoms with E-state index in [0.717, 1.165) is 11.3 Å². The molecule has 1 aromatic carbocycles. The first-order chi connectivity index (χ1) is 9.25. The van der Waals surface area contributed by atoms with Crippen molar-refractivity contribution in [3.63, 3.8) is 0 Å². The summed E-state index contributed by atoms with van der Waals surface area (Å²) in [4.78, 5) is 0. The zero-order chi connectivity index (χ0) is 13.5. The van der Waals surface area contributed by atoms with E-state index in [9.17, 15) is 5.11 Å². The van der Waals surface area contributed by atoms with E-state index in [-0.39, 0.29) is 6.10 Å². The molecule has 1 saturated heterocycles. The molecule has 0 unspecified atom stereocenters. The van der Waals surface area contributed by atoms with Crippen molar-refractivity contribution in [3.05, 3.63) is 35.9 Å². The number of thioether (sulfide) groups is 1. The highest BCUT2D eigenvalue weighted by Gasteiger charge is 2.16. The maximum Gasteiger partial charge on any atom is 0.0898 e. The molecule has 1 heterocycles. The molecule has 0 saturated carbocycles. The third-order valence-electron chi connectivity index (χ3n) is 3.38. The largest absolute Gasteiger partial charge is 0.389 e. The molecule has 0 spiro atoms. The molecule has 0 amide bonds. The Morgan fingerprint density at radius 3 is 2.89 bits per heavy atom. The van der Waals surface area contributed by atoms with Crippen molar-refractivity contribution < 1.29 is 9.84 Å². The van der Waals surface area contributed by atoms with E-state index in [1.807, 2.05) is 49.0 Å². The standard InChI is InChI=1S/C15H23NO2S/c1-12(13-5-3-2-4-6-13)18-10-15(17)9-16-14-7-8-19-11-14/h2-6,12,14-17H,7-11H2,1H3/t12-,14+,15+/m0/s1. The minimum Gasteiger partial charge on any atom is -0.389 e. The first-order valence-electron chi connectivity index (χ1n) is 6.91. The lowest BCUT2D eigenvalue weighted by Crippen LogP contribution is -2.37. The van der Waals surface area contributed by atoms with Crippen LogP contribution in [0.25, 0.3) is 0 Å². The monoisotopic (exact) mass is 281 g/mol. The SMILES string of the molecule is C[C@H](OC[C@H](O)CN[C@@H]1CCSC1)c1ccccc1. The molecule has 1 aliphatic heterocycles. The summed E-state index contributed by atoms with van der Waals surface area (Å²) in [6.07, 6.45) is 0.799. The van der Waals surface area contributed by atoms with E-state index in [1.54, 1.807) is 0 Å². The van der Waals surface area contributed by atoms with Gasteiger partial charge >= 0.3 is 0 Å². The summed E-state index contributed by atoms with van der Waals surface area (Å²) in [5.41, 5.74) is 1.15. The van der Waals surface area contributed by atoms with Gasteiger partial charge in [-0.15, -0.1) is 0 Å². The molecule has 1 aromatic rings. The van der Waals surface area contributed by atoms with Crippen molar-refractivity contribution in [1.29, 1.82) is 0 Å². The molecule has 0 bridgehead atoms. The first-order valence-corrected chi connectivity index (χ1v) is 8.07. The molecule has 1 fully saturated rings. The van der Waals surface area contributed by atoms with Crippen LogP contribution >= 0.6 is 11.8 Å². The van der Waals surface area contributed by atoms with Crippen molar-refractivity contribution in [2.24, 2.45) is 0 Å². The normalized spacial score (nSPS) is 22.3. The van der Waals surface area contributed by atoms with Gasteiger partial charge in [-0.05, 0) is 24.7 Å². The molecule has 1 aliphatic rings. The minimum atomic E-state index is -0.434. The number of hydrogen-bond acceptors (Lipinski definition) is 4. The average molecular weight is 281 g/mol. The van der Waals surface area contributed by atoms with Gasteiger partial charge in [0.2, 0.25) is 0 Å². The van der Waals surface area contributed by atoms with Crippen LogP contribution in [0.1, 0.15) is 25.0 Å². The Balaban J connectivity index is 1.64. The highest BCUT2D eigenvalue weighted by Crippen LogP contribution is 2.17. The van der Waals surface area contributed by atoms with Gasteiger partial charge in [0, 0.05) is 18.3 Å². The Bertz CT molecular complexity index is 354. The number of aliphatic hydroxyl groups excluding tert-OH is 1. The predicted molar refractivity (Wildman–Crippen MR) is 80.5 cm³/mol. The van der Waals surface area contributed by atoms with E-state index >= 15 is 0 Å². The predicted octanol–water partition coefficient (Wildman–Crippen LogP) is 2.22. The number of nitrogens with one attached hydrogen (secondary N) is 1. The fourth-order valence-electron chi connectivity index (χ4n) is 2.13. The molecule has 0 aromatic heterocycles. The van der Waals surface area contributed by atoms with Gasteiger partial charge in [-0.2, -0.15) is 11.8 Å². The van der Waals surface area contributed by atoms with Gasteiger partial charge in [0.05, 0.1) is 18.8 Å². The average Bonchev–Trinajstić information content (AvgIpc) is 2.96. The molecular weight excluding hydrogens is 258 g/mol. The summed E-state index contributed by atoms with van der Waals surface area (Å²) in [6.45, 7) is 3.01. The number of ether oxygens (including phenoxy) is 1. The quantitative estimate of drug-likeness (QED) is 0.804. The second kappa shape index (κ2) is 7.90. The molecule has 19 heavy (non-hydrogen) atoms. The lowest BCUT2D eigenvalue weighted by molar-refractivity contribution is -0.00266. The smallest absolute Gasteiger partial charge is 0.0898 e. The Hall–Kier alpha value is -0.550. The van der Waals surface area contributed by atoms with Crippen LogP contribution in [0.3, 0.4) is 0 Å². The van der Waals surface area contributed by atoms with Crippen LogP contribution in [0.15, 0.2) is 30.3 Å². The third kappa shape index (κ3) is 5.15. The summed E-state index contributed by atoms with van der Waals surface area (Å²) in [5.74, 6) is 2.39. The Kier molecular flexibility index (Phi) is 6.17. The lowest BCUT2D eigenvalue weighted by Gasteiger charge is -2.19. The van der Waals surface area contributed by atoms with Crippen LogP contribution in [-0.4, -0.2) is 41.9 Å². The van der Waals surface area contributed by atoms with Gasteiger partial charge in [0.25, 0.3) is 0 Å². The van der Waals surface area contributed by atoms with Crippen molar-refractivity contribution in [2.75, 3.05) is 24.7 Å². The van der Waals surface area contributed by atoms with Crippen LogP contribution in [0, 0.1) is 0 Å². The van der Waals surface area contributed by atoms with Gasteiger partial charge in [0.1, 0.15) is 0 Å². The molecule has 4 heteroatoms. The van der Waals surface area contributed by atoms with Crippen molar-refractivity contribution >= 4 is 11.8 Å². The van der Waals surface area contributed by atoms with E-state index in [1.165, 1.54) is 12.2 Å². The number of rotatable bonds is 7. The van der Waals surface area contributed by atoms with E-state index < -0.39 is 6.10 Å².